The lowest BCUT2D eigenvalue weighted by Crippen LogP contribution is -2.42. The summed E-state index contributed by atoms with van der Waals surface area (Å²) in [5, 5.41) is 3.39. The van der Waals surface area contributed by atoms with Crippen LogP contribution in [-0.4, -0.2) is 40.5 Å². The van der Waals surface area contributed by atoms with Crippen LogP contribution in [0.25, 0.3) is 0 Å². The molecule has 0 amide bonds. The predicted octanol–water partition coefficient (Wildman–Crippen LogP) is 1.23. The number of aryl methyl sites for hydroxylation is 1. The number of likely N-dealkylation sites (tertiary alicyclic amines) is 1. The van der Waals surface area contributed by atoms with E-state index in [0.717, 1.165) is 31.8 Å². The van der Waals surface area contributed by atoms with Crippen molar-refractivity contribution in [2.24, 2.45) is 0 Å². The van der Waals surface area contributed by atoms with Crippen LogP contribution in [0.15, 0.2) is 10.9 Å². The number of H-pyrrole nitrogens is 1. The second-order valence-corrected chi connectivity index (χ2v) is 4.81. The zero-order valence-electron chi connectivity index (χ0n) is 11.2. The lowest BCUT2D eigenvalue weighted by atomic mass is 10.1. The Morgan fingerprint density at radius 3 is 3.11 bits per heavy atom. The number of aromatic amines is 1. The second-order valence-electron chi connectivity index (χ2n) is 4.81. The van der Waals surface area contributed by atoms with Crippen LogP contribution in [0.2, 0.25) is 0 Å². The Hall–Kier alpha value is -1.36. The van der Waals surface area contributed by atoms with E-state index in [1.807, 2.05) is 6.92 Å². The van der Waals surface area contributed by atoms with Crippen molar-refractivity contribution in [3.63, 3.8) is 0 Å². The molecule has 0 spiro atoms. The summed E-state index contributed by atoms with van der Waals surface area (Å²) in [4.78, 5) is 21.1. The van der Waals surface area contributed by atoms with E-state index in [4.69, 9.17) is 0 Å². The molecule has 1 aromatic heterocycles. The zero-order chi connectivity index (χ0) is 13.0. The molecule has 0 radical (unpaired) electrons. The van der Waals surface area contributed by atoms with E-state index in [0.29, 0.717) is 11.9 Å². The highest BCUT2D eigenvalue weighted by atomic mass is 16.1. The summed E-state index contributed by atoms with van der Waals surface area (Å²) in [6, 6.07) is 1.95. The van der Waals surface area contributed by atoms with Gasteiger partial charge in [-0.1, -0.05) is 13.8 Å². The van der Waals surface area contributed by atoms with E-state index in [1.54, 1.807) is 6.07 Å². The summed E-state index contributed by atoms with van der Waals surface area (Å²) < 4.78 is 0. The number of likely N-dealkylation sites (N-methyl/N-ethyl adjacent to an activating group) is 1. The van der Waals surface area contributed by atoms with Gasteiger partial charge in [-0.15, -0.1) is 0 Å². The molecule has 0 aromatic carbocycles. The standard InChI is InChI=1S/C13H22N4O/c1-3-11-15-12(8-13(18)16-11)14-10-6-5-7-17(4-2)9-10/h8,10H,3-7,9H2,1-2H3,(H2,14,15,16,18). The number of hydrogen-bond donors (Lipinski definition) is 2. The molecule has 0 saturated carbocycles. The van der Waals surface area contributed by atoms with Gasteiger partial charge in [-0.3, -0.25) is 4.79 Å². The van der Waals surface area contributed by atoms with Crippen LogP contribution in [0.4, 0.5) is 5.82 Å². The summed E-state index contributed by atoms with van der Waals surface area (Å²) in [7, 11) is 0. The van der Waals surface area contributed by atoms with Gasteiger partial charge in [-0.25, -0.2) is 4.98 Å². The van der Waals surface area contributed by atoms with Crippen LogP contribution in [0.5, 0.6) is 0 Å². The fraction of sp³-hybridized carbons (Fsp3) is 0.692. The van der Waals surface area contributed by atoms with E-state index in [1.165, 1.54) is 13.0 Å². The van der Waals surface area contributed by atoms with Crippen LogP contribution in [0.3, 0.4) is 0 Å². The van der Waals surface area contributed by atoms with Crippen LogP contribution in [0, 0.1) is 0 Å². The fourth-order valence-electron chi connectivity index (χ4n) is 2.42. The molecule has 1 fully saturated rings. The van der Waals surface area contributed by atoms with E-state index in [9.17, 15) is 4.79 Å². The highest BCUT2D eigenvalue weighted by Crippen LogP contribution is 2.13. The molecule has 1 aliphatic heterocycles. The number of nitrogens with one attached hydrogen (secondary N) is 2. The average Bonchev–Trinajstić information content (AvgIpc) is 2.38. The molecule has 0 aliphatic carbocycles. The topological polar surface area (TPSA) is 61.0 Å². The molecule has 18 heavy (non-hydrogen) atoms. The zero-order valence-corrected chi connectivity index (χ0v) is 11.2. The minimum atomic E-state index is -0.0764. The number of rotatable bonds is 4. The first-order valence-electron chi connectivity index (χ1n) is 6.80. The molecule has 1 atom stereocenters. The van der Waals surface area contributed by atoms with Crippen molar-refractivity contribution in [3.05, 3.63) is 22.2 Å². The Kier molecular flexibility index (Phi) is 4.36. The number of anilines is 1. The Morgan fingerprint density at radius 2 is 2.39 bits per heavy atom. The van der Waals surface area contributed by atoms with Crippen LogP contribution in [-0.2, 0) is 6.42 Å². The molecule has 1 saturated heterocycles. The number of piperidine rings is 1. The minimum absolute atomic E-state index is 0.0764. The third kappa shape index (κ3) is 3.32. The molecule has 1 unspecified atom stereocenters. The highest BCUT2D eigenvalue weighted by Gasteiger charge is 2.18. The Bertz CT molecular complexity index is 443. The van der Waals surface area contributed by atoms with Crippen molar-refractivity contribution >= 4 is 5.82 Å². The third-order valence-electron chi connectivity index (χ3n) is 3.43. The molecule has 1 aliphatic rings. The number of hydrogen-bond acceptors (Lipinski definition) is 4. The molecule has 2 heterocycles. The van der Waals surface area contributed by atoms with Crippen LogP contribution in [0.1, 0.15) is 32.5 Å². The smallest absolute Gasteiger partial charge is 0.252 e. The Labute approximate surface area is 108 Å². The summed E-state index contributed by atoms with van der Waals surface area (Å²) in [5.74, 6) is 1.45. The van der Waals surface area contributed by atoms with E-state index in [-0.39, 0.29) is 5.56 Å². The summed E-state index contributed by atoms with van der Waals surface area (Å²) in [5.41, 5.74) is -0.0764. The lowest BCUT2D eigenvalue weighted by Gasteiger charge is -2.32. The number of nitrogens with zero attached hydrogens (tertiary/aromatic N) is 2. The molecule has 0 bridgehead atoms. The van der Waals surface area contributed by atoms with E-state index in [2.05, 4.69) is 27.1 Å². The summed E-state index contributed by atoms with van der Waals surface area (Å²) in [6.45, 7) is 7.47. The van der Waals surface area contributed by atoms with Gasteiger partial charge >= 0.3 is 0 Å². The maximum atomic E-state index is 11.5. The summed E-state index contributed by atoms with van der Waals surface area (Å²) >= 11 is 0. The maximum Gasteiger partial charge on any atom is 0.252 e. The molecule has 100 valence electrons. The second kappa shape index (κ2) is 6.00. The van der Waals surface area contributed by atoms with Crippen molar-refractivity contribution < 1.29 is 0 Å². The Morgan fingerprint density at radius 1 is 1.56 bits per heavy atom. The average molecular weight is 250 g/mol. The Balaban J connectivity index is 2.04. The molecule has 2 N–H and O–H groups in total. The van der Waals surface area contributed by atoms with Gasteiger partial charge < -0.3 is 15.2 Å². The normalized spacial score (nSPS) is 20.9. The quantitative estimate of drug-likeness (QED) is 0.843. The van der Waals surface area contributed by atoms with Crippen LogP contribution < -0.4 is 10.9 Å². The molecular weight excluding hydrogens is 228 g/mol. The third-order valence-corrected chi connectivity index (χ3v) is 3.43. The van der Waals surface area contributed by atoms with Gasteiger partial charge in [0, 0.05) is 25.1 Å². The molecule has 2 rings (SSSR count). The predicted molar refractivity (Wildman–Crippen MR) is 73.0 cm³/mol. The van der Waals surface area contributed by atoms with Crippen molar-refractivity contribution in [2.45, 2.75) is 39.2 Å². The van der Waals surface area contributed by atoms with Gasteiger partial charge in [0.25, 0.3) is 5.56 Å². The largest absolute Gasteiger partial charge is 0.366 e. The van der Waals surface area contributed by atoms with E-state index >= 15 is 0 Å². The van der Waals surface area contributed by atoms with Gasteiger partial charge in [0.1, 0.15) is 11.6 Å². The molecule has 5 nitrogen and oxygen atoms in total. The molecule has 1 aromatic rings. The van der Waals surface area contributed by atoms with Crippen molar-refractivity contribution in [3.8, 4) is 0 Å². The molecular formula is C13H22N4O. The van der Waals surface area contributed by atoms with Crippen molar-refractivity contribution in [1.82, 2.24) is 14.9 Å². The first-order chi connectivity index (χ1) is 8.71. The van der Waals surface area contributed by atoms with Gasteiger partial charge in [0.05, 0.1) is 0 Å². The van der Waals surface area contributed by atoms with Crippen molar-refractivity contribution in [1.29, 1.82) is 0 Å². The van der Waals surface area contributed by atoms with Gasteiger partial charge in [-0.05, 0) is 25.9 Å². The van der Waals surface area contributed by atoms with Crippen LogP contribution >= 0.6 is 0 Å². The van der Waals surface area contributed by atoms with Crippen molar-refractivity contribution in [2.75, 3.05) is 25.0 Å². The number of aromatic nitrogens is 2. The summed E-state index contributed by atoms with van der Waals surface area (Å²) in [6.07, 6.45) is 3.10. The SMILES string of the molecule is CCc1nc(NC2CCCN(CC)C2)cc(=O)[nH]1. The van der Waals surface area contributed by atoms with Gasteiger partial charge in [-0.2, -0.15) is 0 Å². The fourth-order valence-corrected chi connectivity index (χ4v) is 2.42. The first kappa shape index (κ1) is 13.1. The van der Waals surface area contributed by atoms with Gasteiger partial charge in [0.2, 0.25) is 0 Å². The maximum absolute atomic E-state index is 11.5. The first-order valence-corrected chi connectivity index (χ1v) is 6.80. The van der Waals surface area contributed by atoms with E-state index < -0.39 is 0 Å². The minimum Gasteiger partial charge on any atom is -0.366 e. The van der Waals surface area contributed by atoms with Gasteiger partial charge in [0.15, 0.2) is 0 Å². The lowest BCUT2D eigenvalue weighted by molar-refractivity contribution is 0.226. The monoisotopic (exact) mass is 250 g/mol. The molecule has 5 heteroatoms. The highest BCUT2D eigenvalue weighted by molar-refractivity contribution is 5.34.